The zero-order valence-corrected chi connectivity index (χ0v) is 16.5. The second kappa shape index (κ2) is 8.08. The fourth-order valence-corrected chi connectivity index (χ4v) is 2.72. The van der Waals surface area contributed by atoms with Gasteiger partial charge < -0.3 is 20.3 Å². The first-order valence-corrected chi connectivity index (χ1v) is 8.69. The lowest BCUT2D eigenvalue weighted by Crippen LogP contribution is -2.40. The Morgan fingerprint density at radius 1 is 1.43 bits per heavy atom. The van der Waals surface area contributed by atoms with Crippen molar-refractivity contribution in [2.75, 3.05) is 25.6 Å². The number of carbonyl (C=O) groups excluding carboxylic acids is 2. The third-order valence-corrected chi connectivity index (χ3v) is 4.39. The zero-order valence-electron chi connectivity index (χ0n) is 15.7. The van der Waals surface area contributed by atoms with Crippen LogP contribution in [-0.2, 0) is 9.53 Å². The van der Waals surface area contributed by atoms with E-state index in [1.165, 1.54) is 13.2 Å². The highest BCUT2D eigenvalue weighted by Crippen LogP contribution is 2.33. The highest BCUT2D eigenvalue weighted by Gasteiger charge is 2.48. The summed E-state index contributed by atoms with van der Waals surface area (Å²) in [4.78, 5) is 25.3. The van der Waals surface area contributed by atoms with Gasteiger partial charge in [0.25, 0.3) is 0 Å². The van der Waals surface area contributed by atoms with Gasteiger partial charge in [0, 0.05) is 18.1 Å². The standard InChI is InChI=1S/C16H21ClF3N5O3/c1-15(2,3)13(26)22-11-5-8(12(17)24-23-11)9(7-28-4)25-6-10(16(18,19)20)21-14(25)27/h5,9-10H,6-7H2,1-4H3,(H,21,27)(H,22,23,26)/t9-,10-/m0/s1. The van der Waals surface area contributed by atoms with E-state index < -0.39 is 36.3 Å². The van der Waals surface area contributed by atoms with Crippen LogP contribution in [0, 0.1) is 5.41 Å². The number of urea groups is 1. The minimum atomic E-state index is -4.59. The maximum absolute atomic E-state index is 13.0. The van der Waals surface area contributed by atoms with E-state index in [2.05, 4.69) is 15.5 Å². The summed E-state index contributed by atoms with van der Waals surface area (Å²) in [5, 5.41) is 11.9. The predicted octanol–water partition coefficient (Wildman–Crippen LogP) is 2.76. The van der Waals surface area contributed by atoms with Crippen LogP contribution in [-0.4, -0.2) is 59.5 Å². The fourth-order valence-electron chi connectivity index (χ4n) is 2.51. The molecular weight excluding hydrogens is 403 g/mol. The van der Waals surface area contributed by atoms with E-state index in [4.69, 9.17) is 16.3 Å². The monoisotopic (exact) mass is 423 g/mol. The first kappa shape index (κ1) is 22.2. The minimum Gasteiger partial charge on any atom is -0.382 e. The highest BCUT2D eigenvalue weighted by atomic mass is 35.5. The van der Waals surface area contributed by atoms with Gasteiger partial charge in [0.15, 0.2) is 11.0 Å². The first-order valence-electron chi connectivity index (χ1n) is 8.32. The second-order valence-corrected chi connectivity index (χ2v) is 7.71. The number of rotatable bonds is 5. The lowest BCUT2D eigenvalue weighted by Gasteiger charge is -2.27. The van der Waals surface area contributed by atoms with Gasteiger partial charge in [-0.3, -0.25) is 4.79 Å². The minimum absolute atomic E-state index is 0.0624. The van der Waals surface area contributed by atoms with E-state index in [9.17, 15) is 22.8 Å². The molecule has 1 saturated heterocycles. The normalized spacial score (nSPS) is 18.8. The van der Waals surface area contributed by atoms with Crippen LogP contribution in [0.15, 0.2) is 6.07 Å². The molecule has 3 amide bonds. The zero-order chi connectivity index (χ0) is 21.3. The lowest BCUT2D eigenvalue weighted by atomic mass is 9.96. The molecule has 8 nitrogen and oxygen atoms in total. The number of hydrogen-bond acceptors (Lipinski definition) is 5. The van der Waals surface area contributed by atoms with Gasteiger partial charge in [0.1, 0.15) is 6.04 Å². The highest BCUT2D eigenvalue weighted by molar-refractivity contribution is 6.30. The Morgan fingerprint density at radius 3 is 2.57 bits per heavy atom. The summed E-state index contributed by atoms with van der Waals surface area (Å²) in [5.74, 6) is -0.276. The van der Waals surface area contributed by atoms with Crippen molar-refractivity contribution < 1.29 is 27.5 Å². The Labute approximate surface area is 164 Å². The number of methoxy groups -OCH3 is 1. The molecule has 0 aliphatic carbocycles. The number of alkyl halides is 3. The van der Waals surface area contributed by atoms with Gasteiger partial charge in [-0.05, 0) is 6.07 Å². The van der Waals surface area contributed by atoms with Crippen LogP contribution < -0.4 is 10.6 Å². The summed E-state index contributed by atoms with van der Waals surface area (Å²) < 4.78 is 44.0. The van der Waals surface area contributed by atoms with E-state index >= 15 is 0 Å². The van der Waals surface area contributed by atoms with Crippen molar-refractivity contribution in [1.29, 1.82) is 0 Å². The van der Waals surface area contributed by atoms with Crippen LogP contribution in [0.5, 0.6) is 0 Å². The summed E-state index contributed by atoms with van der Waals surface area (Å²) >= 11 is 6.08. The summed E-state index contributed by atoms with van der Waals surface area (Å²) in [6.07, 6.45) is -4.59. The van der Waals surface area contributed by atoms with E-state index in [1.54, 1.807) is 20.8 Å². The van der Waals surface area contributed by atoms with Gasteiger partial charge in [-0.25, -0.2) is 4.79 Å². The van der Waals surface area contributed by atoms with Gasteiger partial charge in [-0.1, -0.05) is 32.4 Å². The van der Waals surface area contributed by atoms with Crippen LogP contribution in [0.3, 0.4) is 0 Å². The molecule has 1 aromatic heterocycles. The van der Waals surface area contributed by atoms with Crippen molar-refractivity contribution in [3.05, 3.63) is 16.8 Å². The Bertz CT molecular complexity index is 754. The molecule has 1 fully saturated rings. The van der Waals surface area contributed by atoms with Gasteiger partial charge in [-0.2, -0.15) is 13.2 Å². The molecule has 2 N–H and O–H groups in total. The van der Waals surface area contributed by atoms with Gasteiger partial charge >= 0.3 is 12.2 Å². The molecule has 2 rings (SSSR count). The maximum atomic E-state index is 13.0. The molecule has 0 spiro atoms. The number of nitrogens with zero attached hydrogens (tertiary/aromatic N) is 3. The van der Waals surface area contributed by atoms with Crippen LogP contribution in [0.25, 0.3) is 0 Å². The average molecular weight is 424 g/mol. The second-order valence-electron chi connectivity index (χ2n) is 7.35. The van der Waals surface area contributed by atoms with Crippen LogP contribution >= 0.6 is 11.6 Å². The number of aromatic nitrogens is 2. The summed E-state index contributed by atoms with van der Waals surface area (Å²) in [5.41, 5.74) is -0.497. The Balaban J connectivity index is 2.34. The molecule has 2 heterocycles. The van der Waals surface area contributed by atoms with Gasteiger partial charge in [-0.15, -0.1) is 10.2 Å². The van der Waals surface area contributed by atoms with Gasteiger partial charge in [0.05, 0.1) is 19.2 Å². The maximum Gasteiger partial charge on any atom is 0.410 e. The van der Waals surface area contributed by atoms with Crippen molar-refractivity contribution in [3.63, 3.8) is 0 Å². The first-order chi connectivity index (χ1) is 12.8. The van der Waals surface area contributed by atoms with Crippen molar-refractivity contribution in [2.24, 2.45) is 5.41 Å². The molecule has 0 bridgehead atoms. The van der Waals surface area contributed by atoms with Crippen LogP contribution in [0.2, 0.25) is 5.15 Å². The van der Waals surface area contributed by atoms with Crippen LogP contribution in [0.1, 0.15) is 32.4 Å². The van der Waals surface area contributed by atoms with E-state index in [0.29, 0.717) is 0 Å². The molecule has 0 radical (unpaired) electrons. The van der Waals surface area contributed by atoms with Crippen molar-refractivity contribution in [2.45, 2.75) is 39.0 Å². The Kier molecular flexibility index (Phi) is 6.39. The molecule has 156 valence electrons. The summed E-state index contributed by atoms with van der Waals surface area (Å²) in [7, 11) is 1.34. The van der Waals surface area contributed by atoms with E-state index in [-0.39, 0.29) is 29.0 Å². The lowest BCUT2D eigenvalue weighted by molar-refractivity contribution is -0.150. The largest absolute Gasteiger partial charge is 0.410 e. The van der Waals surface area contributed by atoms with Gasteiger partial charge in [0.2, 0.25) is 5.91 Å². The SMILES string of the molecule is COC[C@@H](c1cc(NC(=O)C(C)(C)C)nnc1Cl)N1C[C@@H](C(F)(F)F)NC1=O. The molecule has 1 aromatic rings. The van der Waals surface area contributed by atoms with E-state index in [1.807, 2.05) is 5.32 Å². The number of nitrogens with one attached hydrogen (secondary N) is 2. The molecule has 0 unspecified atom stereocenters. The quantitative estimate of drug-likeness (QED) is 0.759. The third-order valence-electron chi connectivity index (χ3n) is 4.09. The predicted molar refractivity (Wildman–Crippen MR) is 94.8 cm³/mol. The topological polar surface area (TPSA) is 96.4 Å². The number of carbonyl (C=O) groups is 2. The molecule has 0 saturated carbocycles. The van der Waals surface area contributed by atoms with E-state index in [0.717, 1.165) is 4.90 Å². The molecule has 0 aromatic carbocycles. The Morgan fingerprint density at radius 2 is 2.07 bits per heavy atom. The number of hydrogen-bond donors (Lipinski definition) is 2. The van der Waals surface area contributed by atoms with Crippen LogP contribution in [0.4, 0.5) is 23.8 Å². The van der Waals surface area contributed by atoms with Crippen molar-refractivity contribution >= 4 is 29.4 Å². The molecule has 28 heavy (non-hydrogen) atoms. The van der Waals surface area contributed by atoms with Crippen molar-refractivity contribution in [3.8, 4) is 0 Å². The molecule has 2 atom stereocenters. The smallest absolute Gasteiger partial charge is 0.382 e. The summed E-state index contributed by atoms with van der Waals surface area (Å²) in [6.45, 7) is 4.36. The number of anilines is 1. The summed E-state index contributed by atoms with van der Waals surface area (Å²) in [6, 6.07) is -2.49. The average Bonchev–Trinajstić information content (AvgIpc) is 2.95. The number of halogens is 4. The third kappa shape index (κ3) is 5.02. The Hall–Kier alpha value is -2.14. The molecule has 1 aliphatic heterocycles. The molecule has 12 heteroatoms. The van der Waals surface area contributed by atoms with Crippen molar-refractivity contribution in [1.82, 2.24) is 20.4 Å². The molecular formula is C16H21ClF3N5O3. The number of amides is 3. The fraction of sp³-hybridized carbons (Fsp3) is 0.625. The number of ether oxygens (including phenoxy) is 1. The molecule has 1 aliphatic rings.